The molecule has 1 aromatic rings. The summed E-state index contributed by atoms with van der Waals surface area (Å²) in [7, 11) is 1.77. The molecule has 0 spiro atoms. The van der Waals surface area contributed by atoms with Gasteiger partial charge in [-0.3, -0.25) is 20.4 Å². The molecule has 0 fully saturated rings. The molecule has 0 radical (unpaired) electrons. The molecule has 0 aliphatic carbocycles. The minimum absolute atomic E-state index is 0.162. The fourth-order valence-electron chi connectivity index (χ4n) is 1.54. The van der Waals surface area contributed by atoms with Crippen LogP contribution in [0.4, 0.5) is 0 Å². The number of unbranched alkanes of at least 4 members (excludes halogenated alkanes) is 2. The fraction of sp³-hybridized carbons (Fsp3) is 0.500. The molecule has 5 nitrogen and oxygen atoms in total. The van der Waals surface area contributed by atoms with Gasteiger partial charge in [-0.2, -0.15) is 0 Å². The molecule has 0 saturated carbocycles. The minimum Gasteiger partial charge on any atom is -0.345 e. The molecule has 2 amide bonds. The van der Waals surface area contributed by atoms with Gasteiger partial charge >= 0.3 is 0 Å². The van der Waals surface area contributed by atoms with Crippen LogP contribution in [0.25, 0.3) is 0 Å². The summed E-state index contributed by atoms with van der Waals surface area (Å²) in [4.78, 5) is 23.1. The molecule has 0 aliphatic heterocycles. The van der Waals surface area contributed by atoms with Crippen molar-refractivity contribution in [3.63, 3.8) is 0 Å². The zero-order chi connectivity index (χ0) is 13.5. The first-order valence-electron chi connectivity index (χ1n) is 5.95. The third-order valence-electron chi connectivity index (χ3n) is 2.53. The van der Waals surface area contributed by atoms with Crippen LogP contribution in [-0.2, 0) is 11.8 Å². The van der Waals surface area contributed by atoms with Crippen LogP contribution in [-0.4, -0.2) is 16.4 Å². The molecule has 0 aliphatic rings. The van der Waals surface area contributed by atoms with Crippen molar-refractivity contribution in [2.45, 2.75) is 32.6 Å². The highest BCUT2D eigenvalue weighted by molar-refractivity contribution is 9.10. The lowest BCUT2D eigenvalue weighted by atomic mass is 10.2. The van der Waals surface area contributed by atoms with Crippen LogP contribution in [0.2, 0.25) is 0 Å². The standard InChI is InChI=1S/C12H18BrN3O2/c1-3-4-5-6-11(17)14-15-12(18)10-7-9(13)8-16(10)2/h7-8H,3-6H2,1-2H3,(H,14,17)(H,15,18). The molecule has 1 rings (SSSR count). The molecule has 0 saturated heterocycles. The number of aryl methyl sites for hydroxylation is 1. The van der Waals surface area contributed by atoms with Crippen LogP contribution < -0.4 is 10.9 Å². The van der Waals surface area contributed by atoms with Crippen molar-refractivity contribution in [2.24, 2.45) is 7.05 Å². The lowest BCUT2D eigenvalue weighted by molar-refractivity contribution is -0.121. The zero-order valence-corrected chi connectivity index (χ0v) is 12.2. The average molecular weight is 316 g/mol. The molecule has 0 atom stereocenters. The second-order valence-electron chi connectivity index (χ2n) is 4.11. The topological polar surface area (TPSA) is 63.1 Å². The largest absolute Gasteiger partial charge is 0.345 e. The van der Waals surface area contributed by atoms with Crippen LogP contribution in [0.3, 0.4) is 0 Å². The highest BCUT2D eigenvalue weighted by Crippen LogP contribution is 2.13. The first-order chi connectivity index (χ1) is 8.54. The number of halogens is 1. The van der Waals surface area contributed by atoms with Crippen LogP contribution in [0.1, 0.15) is 43.1 Å². The van der Waals surface area contributed by atoms with Gasteiger partial charge in [-0.15, -0.1) is 0 Å². The molecule has 6 heteroatoms. The summed E-state index contributed by atoms with van der Waals surface area (Å²) in [5.41, 5.74) is 5.29. The summed E-state index contributed by atoms with van der Waals surface area (Å²) >= 11 is 3.29. The number of nitrogens with zero attached hydrogens (tertiary/aromatic N) is 1. The molecular weight excluding hydrogens is 298 g/mol. The molecule has 100 valence electrons. The maximum atomic E-state index is 11.7. The van der Waals surface area contributed by atoms with Crippen LogP contribution in [0.5, 0.6) is 0 Å². The Bertz CT molecular complexity index is 429. The number of carbonyl (C=O) groups is 2. The minimum atomic E-state index is -0.327. The Morgan fingerprint density at radius 2 is 2.06 bits per heavy atom. The Labute approximate surface area is 115 Å². The second kappa shape index (κ2) is 7.20. The van der Waals surface area contributed by atoms with Crippen molar-refractivity contribution < 1.29 is 9.59 Å². The summed E-state index contributed by atoms with van der Waals surface area (Å²) in [6, 6.07) is 1.69. The Morgan fingerprint density at radius 1 is 1.33 bits per heavy atom. The number of rotatable bonds is 5. The first kappa shape index (κ1) is 14.8. The molecule has 1 aromatic heterocycles. The third kappa shape index (κ3) is 4.52. The van der Waals surface area contributed by atoms with Crippen LogP contribution >= 0.6 is 15.9 Å². The Balaban J connectivity index is 2.37. The van der Waals surface area contributed by atoms with Gasteiger partial charge in [-0.25, -0.2) is 0 Å². The Kier molecular flexibility index (Phi) is 5.91. The number of amides is 2. The highest BCUT2D eigenvalue weighted by Gasteiger charge is 2.11. The smallest absolute Gasteiger partial charge is 0.286 e. The summed E-state index contributed by atoms with van der Waals surface area (Å²) in [6.07, 6.45) is 5.14. The van der Waals surface area contributed by atoms with Gasteiger partial charge in [0, 0.05) is 24.1 Å². The summed E-state index contributed by atoms with van der Waals surface area (Å²) < 4.78 is 2.51. The van der Waals surface area contributed by atoms with E-state index in [0.717, 1.165) is 23.7 Å². The second-order valence-corrected chi connectivity index (χ2v) is 5.03. The van der Waals surface area contributed by atoms with Crippen LogP contribution in [0.15, 0.2) is 16.7 Å². The van der Waals surface area contributed by atoms with E-state index in [9.17, 15) is 9.59 Å². The summed E-state index contributed by atoms with van der Waals surface area (Å²) in [5, 5.41) is 0. The van der Waals surface area contributed by atoms with E-state index in [0.29, 0.717) is 12.1 Å². The fourth-order valence-corrected chi connectivity index (χ4v) is 2.06. The number of nitrogens with one attached hydrogen (secondary N) is 2. The van der Waals surface area contributed by atoms with Crippen molar-refractivity contribution in [3.8, 4) is 0 Å². The van der Waals surface area contributed by atoms with E-state index < -0.39 is 0 Å². The van der Waals surface area contributed by atoms with E-state index in [4.69, 9.17) is 0 Å². The van der Waals surface area contributed by atoms with Crippen molar-refractivity contribution in [1.29, 1.82) is 0 Å². The van der Waals surface area contributed by atoms with E-state index in [2.05, 4.69) is 33.7 Å². The van der Waals surface area contributed by atoms with E-state index in [1.165, 1.54) is 0 Å². The molecule has 0 unspecified atom stereocenters. The number of hydrogen-bond acceptors (Lipinski definition) is 2. The van der Waals surface area contributed by atoms with Gasteiger partial charge in [-0.1, -0.05) is 19.8 Å². The SMILES string of the molecule is CCCCCC(=O)NNC(=O)c1cc(Br)cn1C. The molecule has 1 heterocycles. The molecule has 0 aromatic carbocycles. The quantitative estimate of drug-likeness (QED) is 0.646. The monoisotopic (exact) mass is 315 g/mol. The van der Waals surface area contributed by atoms with Gasteiger partial charge in [0.05, 0.1) is 0 Å². The van der Waals surface area contributed by atoms with Crippen molar-refractivity contribution in [1.82, 2.24) is 15.4 Å². The van der Waals surface area contributed by atoms with E-state index in [-0.39, 0.29) is 11.8 Å². The molecular formula is C12H18BrN3O2. The van der Waals surface area contributed by atoms with Crippen molar-refractivity contribution in [3.05, 3.63) is 22.4 Å². The number of aromatic nitrogens is 1. The zero-order valence-electron chi connectivity index (χ0n) is 10.6. The van der Waals surface area contributed by atoms with Gasteiger partial charge in [0.15, 0.2) is 0 Å². The van der Waals surface area contributed by atoms with Gasteiger partial charge in [0.25, 0.3) is 5.91 Å². The third-order valence-corrected chi connectivity index (χ3v) is 2.96. The number of hydrogen-bond donors (Lipinski definition) is 2. The Hall–Kier alpha value is -1.30. The maximum absolute atomic E-state index is 11.7. The van der Waals surface area contributed by atoms with Crippen molar-refractivity contribution >= 4 is 27.7 Å². The van der Waals surface area contributed by atoms with Gasteiger partial charge in [-0.05, 0) is 28.4 Å². The first-order valence-corrected chi connectivity index (χ1v) is 6.75. The predicted octanol–water partition coefficient (Wildman–Crippen LogP) is 2.13. The summed E-state index contributed by atoms with van der Waals surface area (Å²) in [6.45, 7) is 2.08. The lowest BCUT2D eigenvalue weighted by Crippen LogP contribution is -2.42. The number of hydrazine groups is 1. The normalized spacial score (nSPS) is 10.2. The molecule has 18 heavy (non-hydrogen) atoms. The van der Waals surface area contributed by atoms with Gasteiger partial charge in [0.1, 0.15) is 5.69 Å². The lowest BCUT2D eigenvalue weighted by Gasteiger charge is -2.07. The van der Waals surface area contributed by atoms with Crippen molar-refractivity contribution in [2.75, 3.05) is 0 Å². The molecule has 0 bridgehead atoms. The predicted molar refractivity (Wildman–Crippen MR) is 72.9 cm³/mol. The Morgan fingerprint density at radius 3 is 2.61 bits per heavy atom. The maximum Gasteiger partial charge on any atom is 0.286 e. The molecule has 2 N–H and O–H groups in total. The average Bonchev–Trinajstić information content (AvgIpc) is 2.66. The van der Waals surface area contributed by atoms with Crippen LogP contribution in [0, 0.1) is 0 Å². The van der Waals surface area contributed by atoms with E-state index >= 15 is 0 Å². The van der Waals surface area contributed by atoms with E-state index in [1.807, 2.05) is 0 Å². The van der Waals surface area contributed by atoms with Gasteiger partial charge < -0.3 is 4.57 Å². The number of carbonyl (C=O) groups excluding carboxylic acids is 2. The highest BCUT2D eigenvalue weighted by atomic mass is 79.9. The summed E-state index contributed by atoms with van der Waals surface area (Å²) in [5.74, 6) is -0.489. The van der Waals surface area contributed by atoms with Gasteiger partial charge in [0.2, 0.25) is 5.91 Å². The van der Waals surface area contributed by atoms with E-state index in [1.54, 1.807) is 23.9 Å².